The fourth-order valence-corrected chi connectivity index (χ4v) is 3.37. The van der Waals surface area contributed by atoms with Crippen molar-refractivity contribution in [3.63, 3.8) is 0 Å². The molecule has 1 saturated heterocycles. The van der Waals surface area contributed by atoms with Gasteiger partial charge >= 0.3 is 0 Å². The quantitative estimate of drug-likeness (QED) is 0.632. The molecule has 1 aliphatic heterocycles. The van der Waals surface area contributed by atoms with Gasteiger partial charge in [-0.3, -0.25) is 11.3 Å². The van der Waals surface area contributed by atoms with E-state index in [2.05, 4.69) is 5.43 Å². The van der Waals surface area contributed by atoms with E-state index in [0.29, 0.717) is 11.5 Å². The van der Waals surface area contributed by atoms with Crippen LogP contribution in [0.25, 0.3) is 0 Å². The summed E-state index contributed by atoms with van der Waals surface area (Å²) in [5.41, 5.74) is 3.26. The second-order valence-electron chi connectivity index (χ2n) is 3.97. The molecule has 0 aromatic heterocycles. The first-order valence-corrected chi connectivity index (χ1v) is 6.36. The second kappa shape index (κ2) is 5.12. The van der Waals surface area contributed by atoms with Crippen LogP contribution < -0.4 is 11.3 Å². The number of hydrogen-bond donors (Lipinski definition) is 2. The van der Waals surface area contributed by atoms with Crippen molar-refractivity contribution < 1.29 is 8.78 Å². The fourth-order valence-electron chi connectivity index (χ4n) is 2.07. The van der Waals surface area contributed by atoms with Crippen LogP contribution in [0.3, 0.4) is 0 Å². The lowest BCUT2D eigenvalue weighted by atomic mass is 9.93. The number of hydrogen-bond acceptors (Lipinski definition) is 3. The molecule has 2 unspecified atom stereocenters. The highest BCUT2D eigenvalue weighted by Gasteiger charge is 2.26. The Morgan fingerprint density at radius 1 is 1.31 bits per heavy atom. The lowest BCUT2D eigenvalue weighted by Gasteiger charge is -2.22. The summed E-state index contributed by atoms with van der Waals surface area (Å²) in [5.74, 6) is 6.78. The van der Waals surface area contributed by atoms with E-state index in [-0.39, 0.29) is 6.04 Å². The number of nitrogens with one attached hydrogen (secondary N) is 1. The Hall–Kier alpha value is -0.650. The van der Waals surface area contributed by atoms with Gasteiger partial charge in [0, 0.05) is 12.1 Å². The summed E-state index contributed by atoms with van der Waals surface area (Å²) in [7, 11) is 0. The largest absolute Gasteiger partial charge is 0.271 e. The van der Waals surface area contributed by atoms with Crippen molar-refractivity contribution in [3.05, 3.63) is 35.4 Å². The van der Waals surface area contributed by atoms with E-state index in [4.69, 9.17) is 5.84 Å². The molecule has 0 bridgehead atoms. The molecule has 0 amide bonds. The first kappa shape index (κ1) is 11.8. The molecule has 1 fully saturated rings. The van der Waals surface area contributed by atoms with Crippen molar-refractivity contribution in [2.24, 2.45) is 11.8 Å². The Kier molecular flexibility index (Phi) is 3.78. The Balaban J connectivity index is 2.24. The predicted octanol–water partition coefficient (Wildman–Crippen LogP) is 2.22. The Labute approximate surface area is 97.6 Å². The van der Waals surface area contributed by atoms with E-state index in [1.54, 1.807) is 0 Å². The molecule has 1 aromatic carbocycles. The number of nitrogens with two attached hydrogens (primary N) is 1. The summed E-state index contributed by atoms with van der Waals surface area (Å²) >= 11 is 1.85. The van der Waals surface area contributed by atoms with E-state index in [0.717, 1.165) is 24.0 Å². The molecule has 1 aromatic rings. The maximum absolute atomic E-state index is 13.1. The normalized spacial score (nSPS) is 22.3. The molecule has 3 N–H and O–H groups in total. The van der Waals surface area contributed by atoms with E-state index in [9.17, 15) is 8.78 Å². The molecule has 2 atom stereocenters. The first-order valence-electron chi connectivity index (χ1n) is 5.20. The minimum absolute atomic E-state index is 0.166. The molecule has 16 heavy (non-hydrogen) atoms. The maximum Gasteiger partial charge on any atom is 0.126 e. The van der Waals surface area contributed by atoms with Gasteiger partial charge in [0.15, 0.2) is 0 Å². The van der Waals surface area contributed by atoms with Crippen molar-refractivity contribution in [1.82, 2.24) is 5.43 Å². The molecule has 2 nitrogen and oxygen atoms in total. The van der Waals surface area contributed by atoms with Gasteiger partial charge in [0.1, 0.15) is 11.6 Å². The van der Waals surface area contributed by atoms with Gasteiger partial charge in [-0.1, -0.05) is 0 Å². The van der Waals surface area contributed by atoms with E-state index in [1.807, 2.05) is 11.8 Å². The van der Waals surface area contributed by atoms with Crippen LogP contribution in [0.2, 0.25) is 0 Å². The molecule has 0 radical (unpaired) electrons. The molecule has 2 rings (SSSR count). The number of rotatable bonds is 3. The number of benzene rings is 1. The third-order valence-corrected chi connectivity index (χ3v) is 4.05. The summed E-state index contributed by atoms with van der Waals surface area (Å²) in [6, 6.07) is 3.40. The molecule has 88 valence electrons. The van der Waals surface area contributed by atoms with Gasteiger partial charge in [0.25, 0.3) is 0 Å². The van der Waals surface area contributed by atoms with Crippen LogP contribution in [-0.4, -0.2) is 11.5 Å². The highest BCUT2D eigenvalue weighted by Crippen LogP contribution is 2.34. The average Bonchev–Trinajstić information content (AvgIpc) is 2.70. The van der Waals surface area contributed by atoms with Gasteiger partial charge in [-0.05, 0) is 41.5 Å². The first-order chi connectivity index (χ1) is 7.70. The third kappa shape index (κ3) is 2.53. The summed E-state index contributed by atoms with van der Waals surface area (Å²) in [6.07, 6.45) is 1.03. The van der Waals surface area contributed by atoms with E-state index in [1.165, 1.54) is 12.1 Å². The molecular formula is C11H14F2N2S. The standard InChI is InChI=1S/C11H14F2N2S/c12-9-3-8(4-10(13)5-9)11(15-14)7-1-2-16-6-7/h3-5,7,11,15H,1-2,6,14H2. The zero-order chi connectivity index (χ0) is 11.5. The molecule has 0 aliphatic carbocycles. The Bertz CT molecular complexity index is 347. The van der Waals surface area contributed by atoms with Gasteiger partial charge in [-0.2, -0.15) is 11.8 Å². The van der Waals surface area contributed by atoms with Crippen LogP contribution in [0.1, 0.15) is 18.0 Å². The Morgan fingerprint density at radius 2 is 2.00 bits per heavy atom. The van der Waals surface area contributed by atoms with Crippen LogP contribution >= 0.6 is 11.8 Å². The molecular weight excluding hydrogens is 230 g/mol. The van der Waals surface area contributed by atoms with Gasteiger partial charge in [0.05, 0.1) is 0 Å². The minimum Gasteiger partial charge on any atom is -0.271 e. The maximum atomic E-state index is 13.1. The van der Waals surface area contributed by atoms with Crippen molar-refractivity contribution in [1.29, 1.82) is 0 Å². The third-order valence-electron chi connectivity index (χ3n) is 2.86. The number of halogens is 2. The lowest BCUT2D eigenvalue weighted by Crippen LogP contribution is -2.33. The fraction of sp³-hybridized carbons (Fsp3) is 0.455. The molecule has 5 heteroatoms. The van der Waals surface area contributed by atoms with Crippen LogP contribution in [0, 0.1) is 17.6 Å². The zero-order valence-corrected chi connectivity index (χ0v) is 9.57. The van der Waals surface area contributed by atoms with Crippen LogP contribution in [0.4, 0.5) is 8.78 Å². The number of hydrazine groups is 1. The van der Waals surface area contributed by atoms with Crippen molar-refractivity contribution in [3.8, 4) is 0 Å². The van der Waals surface area contributed by atoms with Gasteiger partial charge in [0.2, 0.25) is 0 Å². The highest BCUT2D eigenvalue weighted by atomic mass is 32.2. The molecule has 1 aliphatic rings. The second-order valence-corrected chi connectivity index (χ2v) is 5.12. The van der Waals surface area contributed by atoms with E-state index < -0.39 is 11.6 Å². The average molecular weight is 244 g/mol. The zero-order valence-electron chi connectivity index (χ0n) is 8.75. The van der Waals surface area contributed by atoms with E-state index >= 15 is 0 Å². The van der Waals surface area contributed by atoms with Gasteiger partial charge in [-0.15, -0.1) is 0 Å². The van der Waals surface area contributed by atoms with Crippen LogP contribution in [0.5, 0.6) is 0 Å². The Morgan fingerprint density at radius 3 is 2.50 bits per heavy atom. The molecule has 0 spiro atoms. The smallest absolute Gasteiger partial charge is 0.126 e. The topological polar surface area (TPSA) is 38.0 Å². The molecule has 0 saturated carbocycles. The van der Waals surface area contributed by atoms with Gasteiger partial charge < -0.3 is 0 Å². The van der Waals surface area contributed by atoms with Crippen molar-refractivity contribution in [2.75, 3.05) is 11.5 Å². The predicted molar refractivity (Wildman–Crippen MR) is 61.9 cm³/mol. The van der Waals surface area contributed by atoms with Crippen molar-refractivity contribution in [2.45, 2.75) is 12.5 Å². The monoisotopic (exact) mass is 244 g/mol. The highest BCUT2D eigenvalue weighted by molar-refractivity contribution is 7.99. The minimum atomic E-state index is -0.555. The SMILES string of the molecule is NNC(c1cc(F)cc(F)c1)C1CCSC1. The lowest BCUT2D eigenvalue weighted by molar-refractivity contribution is 0.397. The van der Waals surface area contributed by atoms with Gasteiger partial charge in [-0.25, -0.2) is 8.78 Å². The summed E-state index contributed by atoms with van der Waals surface area (Å²) < 4.78 is 26.2. The molecule has 1 heterocycles. The summed E-state index contributed by atoms with van der Waals surface area (Å²) in [6.45, 7) is 0. The van der Waals surface area contributed by atoms with Crippen molar-refractivity contribution >= 4 is 11.8 Å². The van der Waals surface area contributed by atoms with Crippen LogP contribution in [-0.2, 0) is 0 Å². The number of thioether (sulfide) groups is 1. The summed E-state index contributed by atoms with van der Waals surface area (Å²) in [5, 5.41) is 0. The summed E-state index contributed by atoms with van der Waals surface area (Å²) in [4.78, 5) is 0. The van der Waals surface area contributed by atoms with Crippen LogP contribution in [0.15, 0.2) is 18.2 Å².